The molecule has 2 rings (SSSR count). The maximum absolute atomic E-state index is 11.0. The predicted octanol–water partition coefficient (Wildman–Crippen LogP) is 3.50. The van der Waals surface area contributed by atoms with Crippen molar-refractivity contribution in [1.29, 1.82) is 0 Å². The molecule has 1 aromatic rings. The molecule has 2 unspecified atom stereocenters. The number of hydrogen-bond donors (Lipinski definition) is 1. The molecule has 0 spiro atoms. The molecule has 1 heterocycles. The van der Waals surface area contributed by atoms with Crippen LogP contribution in [0.15, 0.2) is 0 Å². The first kappa shape index (κ1) is 14.9. The summed E-state index contributed by atoms with van der Waals surface area (Å²) >= 11 is 6.29. The van der Waals surface area contributed by atoms with Crippen LogP contribution in [0, 0.1) is 18.3 Å². The van der Waals surface area contributed by atoms with Gasteiger partial charge in [0.1, 0.15) is 5.15 Å². The van der Waals surface area contributed by atoms with Gasteiger partial charge in [-0.3, -0.25) is 4.68 Å². The van der Waals surface area contributed by atoms with Crippen LogP contribution in [0.3, 0.4) is 0 Å². The lowest BCUT2D eigenvalue weighted by molar-refractivity contribution is -0.0575. The van der Waals surface area contributed by atoms with Crippen molar-refractivity contribution in [3.63, 3.8) is 0 Å². The van der Waals surface area contributed by atoms with Crippen LogP contribution in [-0.4, -0.2) is 20.5 Å². The number of aryl methyl sites for hydroxylation is 2. The number of hydrogen-bond acceptors (Lipinski definition) is 2. The molecule has 0 aromatic carbocycles. The van der Waals surface area contributed by atoms with Gasteiger partial charge < -0.3 is 5.11 Å². The second kappa shape index (κ2) is 4.78. The Morgan fingerprint density at radius 3 is 2.53 bits per heavy atom. The summed E-state index contributed by atoms with van der Waals surface area (Å²) in [5.41, 5.74) is 1.46. The van der Waals surface area contributed by atoms with Crippen molar-refractivity contribution in [2.45, 2.75) is 59.0 Å². The van der Waals surface area contributed by atoms with Crippen molar-refractivity contribution in [3.05, 3.63) is 16.4 Å². The van der Waals surface area contributed by atoms with Gasteiger partial charge in [-0.1, -0.05) is 32.4 Å². The molecule has 1 saturated carbocycles. The van der Waals surface area contributed by atoms with Gasteiger partial charge in [0.25, 0.3) is 0 Å². The van der Waals surface area contributed by atoms with Gasteiger partial charge in [0.2, 0.25) is 0 Å². The minimum atomic E-state index is -0.654. The normalized spacial score (nSPS) is 30.6. The average Bonchev–Trinajstić information content (AvgIpc) is 2.41. The van der Waals surface area contributed by atoms with E-state index in [0.717, 1.165) is 24.1 Å². The van der Waals surface area contributed by atoms with Crippen molar-refractivity contribution < 1.29 is 5.11 Å². The lowest BCUT2D eigenvalue weighted by Gasteiger charge is -2.44. The Kier molecular flexibility index (Phi) is 3.74. The average molecular weight is 285 g/mol. The molecule has 0 bridgehead atoms. The molecule has 0 amide bonds. The first-order valence-electron chi connectivity index (χ1n) is 7.02. The summed E-state index contributed by atoms with van der Waals surface area (Å²) in [5, 5.41) is 16.0. The Morgan fingerprint density at radius 2 is 2.05 bits per heavy atom. The molecule has 1 aliphatic carbocycles. The second-order valence-corrected chi connectivity index (χ2v) is 7.59. The summed E-state index contributed by atoms with van der Waals surface area (Å²) < 4.78 is 1.69. The topological polar surface area (TPSA) is 38.0 Å². The van der Waals surface area contributed by atoms with Gasteiger partial charge in [-0.15, -0.1) is 0 Å². The van der Waals surface area contributed by atoms with Crippen LogP contribution in [0.1, 0.15) is 51.3 Å². The van der Waals surface area contributed by atoms with Gasteiger partial charge >= 0.3 is 0 Å². The Morgan fingerprint density at radius 1 is 1.42 bits per heavy atom. The summed E-state index contributed by atoms with van der Waals surface area (Å²) in [6, 6.07) is 0. The molecule has 0 aliphatic heterocycles. The van der Waals surface area contributed by atoms with Crippen molar-refractivity contribution in [2.75, 3.05) is 0 Å². The van der Waals surface area contributed by atoms with E-state index in [1.807, 2.05) is 14.0 Å². The van der Waals surface area contributed by atoms with E-state index in [9.17, 15) is 5.11 Å². The van der Waals surface area contributed by atoms with E-state index < -0.39 is 5.60 Å². The summed E-state index contributed by atoms with van der Waals surface area (Å²) in [7, 11) is 1.84. The fraction of sp³-hybridized carbons (Fsp3) is 0.800. The van der Waals surface area contributed by atoms with E-state index in [4.69, 9.17) is 11.6 Å². The Hall–Kier alpha value is -0.540. The van der Waals surface area contributed by atoms with E-state index in [0.29, 0.717) is 17.5 Å². The minimum Gasteiger partial charge on any atom is -0.390 e. The molecular weight excluding hydrogens is 260 g/mol. The van der Waals surface area contributed by atoms with Crippen molar-refractivity contribution in [3.8, 4) is 0 Å². The zero-order valence-corrected chi connectivity index (χ0v) is 13.4. The van der Waals surface area contributed by atoms with Crippen LogP contribution in [0.4, 0.5) is 0 Å². The Balaban J connectivity index is 2.26. The van der Waals surface area contributed by atoms with Gasteiger partial charge in [0.05, 0.1) is 11.3 Å². The number of nitrogens with zero attached hydrogens (tertiary/aromatic N) is 2. The van der Waals surface area contributed by atoms with E-state index in [1.54, 1.807) is 4.68 Å². The molecule has 4 heteroatoms. The summed E-state index contributed by atoms with van der Waals surface area (Å²) in [5.74, 6) is 0.546. The third kappa shape index (κ3) is 3.14. The zero-order valence-electron chi connectivity index (χ0n) is 12.6. The SMILES string of the molecule is Cc1nn(C)c(Cl)c1CC1(O)CC(C)CC(C)(C)C1. The van der Waals surface area contributed by atoms with Gasteiger partial charge in [0.15, 0.2) is 0 Å². The van der Waals surface area contributed by atoms with Crippen LogP contribution in [0.5, 0.6) is 0 Å². The molecule has 3 nitrogen and oxygen atoms in total. The van der Waals surface area contributed by atoms with E-state index in [-0.39, 0.29) is 5.41 Å². The summed E-state index contributed by atoms with van der Waals surface area (Å²) in [4.78, 5) is 0. The van der Waals surface area contributed by atoms with Crippen LogP contribution in [0.2, 0.25) is 5.15 Å². The van der Waals surface area contributed by atoms with Crippen LogP contribution >= 0.6 is 11.6 Å². The highest BCUT2D eigenvalue weighted by atomic mass is 35.5. The minimum absolute atomic E-state index is 0.189. The van der Waals surface area contributed by atoms with Crippen molar-refractivity contribution in [2.24, 2.45) is 18.4 Å². The first-order chi connectivity index (χ1) is 8.62. The molecule has 2 atom stereocenters. The highest BCUT2D eigenvalue weighted by molar-refractivity contribution is 6.30. The Labute approximate surface area is 121 Å². The molecular formula is C15H25ClN2O. The van der Waals surface area contributed by atoms with Crippen molar-refractivity contribution >= 4 is 11.6 Å². The van der Waals surface area contributed by atoms with Crippen LogP contribution in [0.25, 0.3) is 0 Å². The highest BCUT2D eigenvalue weighted by Gasteiger charge is 2.42. The molecule has 0 radical (unpaired) electrons. The van der Waals surface area contributed by atoms with Gasteiger partial charge in [-0.2, -0.15) is 5.10 Å². The maximum atomic E-state index is 11.0. The van der Waals surface area contributed by atoms with E-state index in [1.165, 1.54) is 6.42 Å². The van der Waals surface area contributed by atoms with Crippen LogP contribution in [-0.2, 0) is 13.5 Å². The van der Waals surface area contributed by atoms with E-state index in [2.05, 4.69) is 25.9 Å². The number of aliphatic hydroxyl groups is 1. The van der Waals surface area contributed by atoms with Crippen LogP contribution < -0.4 is 0 Å². The third-order valence-corrected chi connectivity index (χ3v) is 4.69. The largest absolute Gasteiger partial charge is 0.390 e. The summed E-state index contributed by atoms with van der Waals surface area (Å²) in [6.07, 6.45) is 3.46. The number of rotatable bonds is 2. The Bertz CT molecular complexity index is 481. The van der Waals surface area contributed by atoms with E-state index >= 15 is 0 Å². The van der Waals surface area contributed by atoms with Gasteiger partial charge in [-0.25, -0.2) is 0 Å². The smallest absolute Gasteiger partial charge is 0.130 e. The lowest BCUT2D eigenvalue weighted by atomic mass is 9.64. The predicted molar refractivity (Wildman–Crippen MR) is 78.4 cm³/mol. The third-order valence-electron chi connectivity index (χ3n) is 4.21. The van der Waals surface area contributed by atoms with Gasteiger partial charge in [-0.05, 0) is 37.5 Å². The van der Waals surface area contributed by atoms with Gasteiger partial charge in [0, 0.05) is 19.0 Å². The monoisotopic (exact) mass is 284 g/mol. The number of halogens is 1. The zero-order chi connectivity index (χ0) is 14.4. The molecule has 1 N–H and O–H groups in total. The summed E-state index contributed by atoms with van der Waals surface area (Å²) in [6.45, 7) is 8.67. The number of aromatic nitrogens is 2. The second-order valence-electron chi connectivity index (χ2n) is 7.23. The highest BCUT2D eigenvalue weighted by Crippen LogP contribution is 2.45. The molecule has 1 aliphatic rings. The molecule has 108 valence electrons. The lowest BCUT2D eigenvalue weighted by Crippen LogP contribution is -2.43. The van der Waals surface area contributed by atoms with Crippen molar-refractivity contribution in [1.82, 2.24) is 9.78 Å². The fourth-order valence-electron chi connectivity index (χ4n) is 4.04. The molecule has 19 heavy (non-hydrogen) atoms. The standard InChI is InChI=1S/C15H25ClN2O/c1-10-6-14(3,4)9-15(19,7-10)8-12-11(2)17-18(5)13(12)16/h10,19H,6-9H2,1-5H3. The fourth-order valence-corrected chi connectivity index (χ4v) is 4.28. The molecule has 1 fully saturated rings. The maximum Gasteiger partial charge on any atom is 0.130 e. The quantitative estimate of drug-likeness (QED) is 0.903. The molecule has 0 saturated heterocycles. The first-order valence-corrected chi connectivity index (χ1v) is 7.40. The molecule has 1 aromatic heterocycles.